The van der Waals surface area contributed by atoms with Crippen molar-refractivity contribution in [2.75, 3.05) is 16.0 Å². The third kappa shape index (κ3) is 11.8. The lowest BCUT2D eigenvalue weighted by Crippen LogP contribution is -2.27. The molecular weight excluding hydrogens is 702 g/mol. The van der Waals surface area contributed by atoms with Crippen molar-refractivity contribution in [2.45, 2.75) is 66.6 Å². The van der Waals surface area contributed by atoms with E-state index in [-0.39, 0.29) is 23.2 Å². The van der Waals surface area contributed by atoms with Crippen molar-refractivity contribution in [2.24, 2.45) is 21.1 Å². The van der Waals surface area contributed by atoms with Gasteiger partial charge in [-0.3, -0.25) is 25.0 Å². The standard InChI is InChI=1S/C23H27N5O4.C18H22N2O3/c1-14(29)18-11-16(12-27(18)5)15-7-9-17(10-8-15)24-21(30)20-25-19(13-28(20)6)26-22(31)32-23(2,3)4;1-12(21)16-10-14(11-20(16)5)13-6-8-15(9-7-13)19-17(22)23-18(2,3)4/h7-13H,1-6H3,(H,24,30)(H,26,31);6-11H,1-5H3,(H,19,22). The molecule has 5 aromatic rings. The number of rotatable bonds is 8. The molecule has 0 aliphatic rings. The lowest BCUT2D eigenvalue weighted by atomic mass is 10.1. The van der Waals surface area contributed by atoms with Crippen molar-refractivity contribution < 1.29 is 33.4 Å². The van der Waals surface area contributed by atoms with Gasteiger partial charge in [0.25, 0.3) is 5.91 Å². The number of nitrogens with one attached hydrogen (secondary N) is 3. The van der Waals surface area contributed by atoms with Crippen molar-refractivity contribution in [3.8, 4) is 22.3 Å². The largest absolute Gasteiger partial charge is 0.444 e. The number of amides is 3. The molecule has 290 valence electrons. The number of aromatic nitrogens is 4. The smallest absolute Gasteiger partial charge is 0.413 e. The molecule has 0 atom stereocenters. The molecule has 0 unspecified atom stereocenters. The Kier molecular flexibility index (Phi) is 12.5. The van der Waals surface area contributed by atoms with Gasteiger partial charge >= 0.3 is 12.2 Å². The van der Waals surface area contributed by atoms with Crippen LogP contribution in [-0.4, -0.2) is 59.5 Å². The summed E-state index contributed by atoms with van der Waals surface area (Å²) in [7, 11) is 5.33. The molecule has 0 bridgehead atoms. The van der Waals surface area contributed by atoms with Gasteiger partial charge in [0.1, 0.15) is 11.2 Å². The molecular formula is C41H49N7O7. The van der Waals surface area contributed by atoms with Gasteiger partial charge in [-0.25, -0.2) is 14.6 Å². The number of Topliss-reactive ketones (excluding diaryl/α,β-unsaturated/α-hetero) is 2. The fourth-order valence-electron chi connectivity index (χ4n) is 5.39. The van der Waals surface area contributed by atoms with E-state index in [9.17, 15) is 24.0 Å². The van der Waals surface area contributed by atoms with E-state index >= 15 is 0 Å². The average molecular weight is 752 g/mol. The van der Waals surface area contributed by atoms with Crippen LogP contribution in [0.2, 0.25) is 0 Å². The molecule has 3 amide bonds. The molecule has 0 aliphatic carbocycles. The molecule has 5 rings (SSSR count). The van der Waals surface area contributed by atoms with Crippen LogP contribution in [0, 0.1) is 0 Å². The van der Waals surface area contributed by atoms with Crippen molar-refractivity contribution >= 4 is 46.9 Å². The monoisotopic (exact) mass is 751 g/mol. The van der Waals surface area contributed by atoms with Gasteiger partial charge in [0.2, 0.25) is 5.82 Å². The molecule has 14 nitrogen and oxygen atoms in total. The summed E-state index contributed by atoms with van der Waals surface area (Å²) in [6.45, 7) is 13.8. The molecule has 3 N–H and O–H groups in total. The number of hydrogen-bond acceptors (Lipinski definition) is 8. The highest BCUT2D eigenvalue weighted by atomic mass is 16.6. The van der Waals surface area contributed by atoms with Gasteiger partial charge in [-0.1, -0.05) is 24.3 Å². The first-order valence-electron chi connectivity index (χ1n) is 17.5. The number of carbonyl (C=O) groups is 5. The summed E-state index contributed by atoms with van der Waals surface area (Å²) in [6, 6.07) is 18.4. The van der Waals surface area contributed by atoms with E-state index in [1.165, 1.54) is 17.7 Å². The SMILES string of the molecule is CC(=O)c1cc(-c2ccc(NC(=O)OC(C)(C)C)cc2)cn1C.CC(=O)c1cc(-c2ccc(NC(=O)c3nc(NC(=O)OC(C)(C)C)cn3C)cc2)cn1C. The highest BCUT2D eigenvalue weighted by Gasteiger charge is 2.20. The van der Waals surface area contributed by atoms with E-state index in [4.69, 9.17) is 9.47 Å². The number of hydrogen-bond donors (Lipinski definition) is 3. The molecule has 0 radical (unpaired) electrons. The Bertz CT molecular complexity index is 2190. The van der Waals surface area contributed by atoms with Gasteiger partial charge in [-0.05, 0) is 89.1 Å². The van der Waals surface area contributed by atoms with Crippen molar-refractivity contribution in [3.05, 3.63) is 96.5 Å². The van der Waals surface area contributed by atoms with E-state index in [1.54, 1.807) is 63.6 Å². The van der Waals surface area contributed by atoms with Gasteiger partial charge in [-0.15, -0.1) is 0 Å². The van der Waals surface area contributed by atoms with Crippen LogP contribution in [-0.2, 0) is 30.6 Å². The number of anilines is 3. The second kappa shape index (κ2) is 16.7. The molecule has 0 saturated heterocycles. The fraction of sp³-hybridized carbons (Fsp3) is 0.317. The zero-order valence-corrected chi connectivity index (χ0v) is 33.2. The number of ether oxygens (including phenoxy) is 2. The first-order chi connectivity index (χ1) is 25.6. The lowest BCUT2D eigenvalue weighted by molar-refractivity contribution is 0.0624. The number of ketones is 2. The van der Waals surface area contributed by atoms with E-state index in [0.717, 1.165) is 22.3 Å². The zero-order chi connectivity index (χ0) is 40.8. The predicted octanol–water partition coefficient (Wildman–Crippen LogP) is 8.47. The molecule has 0 fully saturated rings. The van der Waals surface area contributed by atoms with Crippen molar-refractivity contribution in [3.63, 3.8) is 0 Å². The van der Waals surface area contributed by atoms with E-state index < -0.39 is 29.3 Å². The lowest BCUT2D eigenvalue weighted by Gasteiger charge is -2.19. The summed E-state index contributed by atoms with van der Waals surface area (Å²) in [5.74, 6) is -0.0434. The Morgan fingerprint density at radius 1 is 0.545 bits per heavy atom. The summed E-state index contributed by atoms with van der Waals surface area (Å²) < 4.78 is 15.5. The topological polar surface area (TPSA) is 168 Å². The minimum Gasteiger partial charge on any atom is -0.444 e. The number of benzene rings is 2. The summed E-state index contributed by atoms with van der Waals surface area (Å²) in [5, 5.41) is 8.00. The van der Waals surface area contributed by atoms with Crippen LogP contribution in [0.15, 0.2) is 79.3 Å². The maximum absolute atomic E-state index is 12.7. The summed E-state index contributed by atoms with van der Waals surface area (Å²) in [6.07, 6.45) is 4.20. The molecule has 0 aliphatic heterocycles. The second-order valence-corrected chi connectivity index (χ2v) is 15.0. The average Bonchev–Trinajstić information content (AvgIpc) is 3.76. The van der Waals surface area contributed by atoms with Gasteiger partial charge in [-0.2, -0.15) is 0 Å². The minimum atomic E-state index is -0.646. The molecule has 0 saturated carbocycles. The number of aryl methyl sites for hydroxylation is 3. The second-order valence-electron chi connectivity index (χ2n) is 15.0. The first kappa shape index (κ1) is 41.3. The van der Waals surface area contributed by atoms with E-state index in [0.29, 0.717) is 22.8 Å². The summed E-state index contributed by atoms with van der Waals surface area (Å²) in [4.78, 5) is 63.7. The predicted molar refractivity (Wildman–Crippen MR) is 213 cm³/mol. The Morgan fingerprint density at radius 2 is 0.945 bits per heavy atom. The van der Waals surface area contributed by atoms with Crippen LogP contribution < -0.4 is 16.0 Å². The van der Waals surface area contributed by atoms with Crippen LogP contribution in [0.25, 0.3) is 22.3 Å². The maximum atomic E-state index is 12.7. The first-order valence-corrected chi connectivity index (χ1v) is 17.5. The Morgan fingerprint density at radius 3 is 1.33 bits per heavy atom. The maximum Gasteiger partial charge on any atom is 0.413 e. The molecule has 3 aromatic heterocycles. The molecule has 2 aromatic carbocycles. The Labute approximate surface area is 320 Å². The van der Waals surface area contributed by atoms with E-state index in [1.807, 2.05) is 88.2 Å². The van der Waals surface area contributed by atoms with Crippen LogP contribution in [0.4, 0.5) is 26.8 Å². The molecule has 55 heavy (non-hydrogen) atoms. The zero-order valence-electron chi connectivity index (χ0n) is 33.2. The van der Waals surface area contributed by atoms with Crippen LogP contribution in [0.1, 0.15) is 87.0 Å². The highest BCUT2D eigenvalue weighted by molar-refractivity contribution is 6.02. The normalized spacial score (nSPS) is 11.2. The van der Waals surface area contributed by atoms with Gasteiger partial charge in [0.05, 0.1) is 11.4 Å². The summed E-state index contributed by atoms with van der Waals surface area (Å²) >= 11 is 0. The minimum absolute atomic E-state index is 0.00164. The van der Waals surface area contributed by atoms with Crippen LogP contribution >= 0.6 is 0 Å². The molecule has 3 heterocycles. The Hall–Kier alpha value is -6.44. The fourth-order valence-corrected chi connectivity index (χ4v) is 5.39. The van der Waals surface area contributed by atoms with E-state index in [2.05, 4.69) is 20.9 Å². The number of carbonyl (C=O) groups excluding carboxylic acids is 5. The molecule has 0 spiro atoms. The highest BCUT2D eigenvalue weighted by Crippen LogP contribution is 2.26. The van der Waals surface area contributed by atoms with Crippen LogP contribution in [0.3, 0.4) is 0 Å². The van der Waals surface area contributed by atoms with Gasteiger partial charge in [0, 0.05) is 76.1 Å². The third-order valence-electron chi connectivity index (χ3n) is 7.78. The molecule has 14 heteroatoms. The number of nitrogens with zero attached hydrogens (tertiary/aromatic N) is 4. The Balaban J connectivity index is 0.000000258. The summed E-state index contributed by atoms with van der Waals surface area (Å²) in [5.41, 5.74) is 5.14. The third-order valence-corrected chi connectivity index (χ3v) is 7.78. The van der Waals surface area contributed by atoms with Crippen LogP contribution in [0.5, 0.6) is 0 Å². The van der Waals surface area contributed by atoms with Crippen molar-refractivity contribution in [1.82, 2.24) is 18.7 Å². The number of imidazole rings is 1. The van der Waals surface area contributed by atoms with Crippen molar-refractivity contribution in [1.29, 1.82) is 0 Å². The van der Waals surface area contributed by atoms with Gasteiger partial charge in [0.15, 0.2) is 17.4 Å². The van der Waals surface area contributed by atoms with Gasteiger partial charge < -0.3 is 28.5 Å². The quantitative estimate of drug-likeness (QED) is 0.133.